The molecule has 1 aromatic heterocycles. The Hall–Kier alpha value is -3.06. The molecular weight excluding hydrogens is 406 g/mol. The van der Waals surface area contributed by atoms with E-state index in [0.29, 0.717) is 5.75 Å². The second-order valence-electron chi connectivity index (χ2n) is 7.74. The topological polar surface area (TPSA) is 61.4 Å². The minimum atomic E-state index is -0.0355. The molecule has 4 rings (SSSR count). The van der Waals surface area contributed by atoms with Gasteiger partial charge in [-0.15, -0.1) is 0 Å². The van der Waals surface area contributed by atoms with E-state index in [2.05, 4.69) is 55.4 Å². The fraction of sp³-hybridized carbons (Fsp3) is 0.292. The zero-order chi connectivity index (χ0) is 21.6. The van der Waals surface area contributed by atoms with E-state index in [1.165, 1.54) is 17.4 Å². The first kappa shape index (κ1) is 21.2. The number of para-hydroxylation sites is 1. The van der Waals surface area contributed by atoms with E-state index < -0.39 is 0 Å². The van der Waals surface area contributed by atoms with Gasteiger partial charge in [-0.25, -0.2) is 9.97 Å². The Bertz CT molecular complexity index is 1010. The Balaban J connectivity index is 1.31. The van der Waals surface area contributed by atoms with E-state index in [1.807, 2.05) is 38.1 Å². The van der Waals surface area contributed by atoms with Gasteiger partial charge in [0.25, 0.3) is 0 Å². The van der Waals surface area contributed by atoms with Gasteiger partial charge in [0.05, 0.1) is 5.75 Å². The molecule has 1 aliphatic rings. The van der Waals surface area contributed by atoms with Crippen molar-refractivity contribution >= 4 is 34.9 Å². The molecule has 6 nitrogen and oxygen atoms in total. The molecule has 1 fully saturated rings. The largest absolute Gasteiger partial charge is 0.368 e. The van der Waals surface area contributed by atoms with E-state index in [0.717, 1.165) is 53.8 Å². The van der Waals surface area contributed by atoms with Gasteiger partial charge in [-0.05, 0) is 49.2 Å². The normalized spacial score (nSPS) is 13.9. The van der Waals surface area contributed by atoms with Crippen molar-refractivity contribution in [1.82, 2.24) is 9.97 Å². The molecule has 0 saturated carbocycles. The summed E-state index contributed by atoms with van der Waals surface area (Å²) in [6.45, 7) is 7.77. The van der Waals surface area contributed by atoms with Crippen LogP contribution in [0.25, 0.3) is 0 Å². The van der Waals surface area contributed by atoms with Crippen LogP contribution in [0.1, 0.15) is 11.1 Å². The number of carbonyl (C=O) groups is 1. The smallest absolute Gasteiger partial charge is 0.234 e. The van der Waals surface area contributed by atoms with Crippen LogP contribution in [0.15, 0.2) is 66.0 Å². The monoisotopic (exact) mass is 433 g/mol. The average Bonchev–Trinajstić information content (AvgIpc) is 2.78. The molecule has 1 aliphatic heterocycles. The lowest BCUT2D eigenvalue weighted by atomic mass is 10.1. The van der Waals surface area contributed by atoms with Gasteiger partial charge in [0.1, 0.15) is 17.2 Å². The average molecular weight is 434 g/mol. The number of aromatic nitrogens is 2. The first-order valence-electron chi connectivity index (χ1n) is 10.4. The van der Waals surface area contributed by atoms with Crippen LogP contribution in [0.5, 0.6) is 0 Å². The van der Waals surface area contributed by atoms with Crippen molar-refractivity contribution in [3.8, 4) is 0 Å². The zero-order valence-electron chi connectivity index (χ0n) is 17.9. The van der Waals surface area contributed by atoms with Gasteiger partial charge in [0, 0.05) is 43.6 Å². The summed E-state index contributed by atoms with van der Waals surface area (Å²) in [5.41, 5.74) is 4.37. The number of carbonyl (C=O) groups excluding carboxylic acids is 1. The first-order valence-corrected chi connectivity index (χ1v) is 11.4. The van der Waals surface area contributed by atoms with Crippen LogP contribution in [0, 0.1) is 13.8 Å². The molecule has 0 atom stereocenters. The van der Waals surface area contributed by atoms with E-state index in [1.54, 1.807) is 6.33 Å². The van der Waals surface area contributed by atoms with Crippen LogP contribution in [0.4, 0.5) is 17.2 Å². The Kier molecular flexibility index (Phi) is 6.72. The number of rotatable bonds is 6. The number of thioether (sulfide) groups is 1. The fourth-order valence-electron chi connectivity index (χ4n) is 3.80. The highest BCUT2D eigenvalue weighted by atomic mass is 32.2. The molecule has 31 heavy (non-hydrogen) atoms. The first-order chi connectivity index (χ1) is 15.1. The van der Waals surface area contributed by atoms with Crippen molar-refractivity contribution in [1.29, 1.82) is 0 Å². The predicted octanol–water partition coefficient (Wildman–Crippen LogP) is 4.15. The van der Waals surface area contributed by atoms with E-state index >= 15 is 0 Å². The summed E-state index contributed by atoms with van der Waals surface area (Å²) >= 11 is 1.43. The fourth-order valence-corrected chi connectivity index (χ4v) is 4.46. The Morgan fingerprint density at radius 2 is 1.61 bits per heavy atom. The summed E-state index contributed by atoms with van der Waals surface area (Å²) < 4.78 is 0. The van der Waals surface area contributed by atoms with Gasteiger partial charge in [0.15, 0.2) is 0 Å². The standard InChI is InChI=1S/C24H27N5OS/c1-18-12-19(2)14-20(13-18)27-23(30)16-31-24-15-22(25-17-26-24)29-10-8-28(9-11-29)21-6-4-3-5-7-21/h3-7,12-15,17H,8-11,16H2,1-2H3,(H,27,30). The van der Waals surface area contributed by atoms with Gasteiger partial charge in [-0.2, -0.15) is 0 Å². The molecule has 2 heterocycles. The molecule has 0 radical (unpaired) electrons. The van der Waals surface area contributed by atoms with Gasteiger partial charge >= 0.3 is 0 Å². The van der Waals surface area contributed by atoms with Crippen molar-refractivity contribution in [3.05, 3.63) is 72.1 Å². The summed E-state index contributed by atoms with van der Waals surface area (Å²) in [6.07, 6.45) is 1.59. The quantitative estimate of drug-likeness (QED) is 0.465. The highest BCUT2D eigenvalue weighted by molar-refractivity contribution is 7.99. The van der Waals surface area contributed by atoms with Crippen LogP contribution < -0.4 is 15.1 Å². The molecule has 1 amide bonds. The number of anilines is 3. The summed E-state index contributed by atoms with van der Waals surface area (Å²) in [5, 5.41) is 3.78. The number of nitrogens with one attached hydrogen (secondary N) is 1. The van der Waals surface area contributed by atoms with Crippen LogP contribution >= 0.6 is 11.8 Å². The third kappa shape index (κ3) is 5.76. The maximum Gasteiger partial charge on any atom is 0.234 e. The number of aryl methyl sites for hydroxylation is 2. The third-order valence-corrected chi connectivity index (χ3v) is 6.13. The van der Waals surface area contributed by atoms with Crippen molar-refractivity contribution in [2.24, 2.45) is 0 Å². The predicted molar refractivity (Wildman–Crippen MR) is 128 cm³/mol. The molecular formula is C24H27N5OS. The third-order valence-electron chi connectivity index (χ3n) is 5.21. The van der Waals surface area contributed by atoms with Gasteiger partial charge in [-0.3, -0.25) is 4.79 Å². The Labute approximate surface area is 187 Å². The maximum absolute atomic E-state index is 12.4. The highest BCUT2D eigenvalue weighted by Gasteiger charge is 2.19. The van der Waals surface area contributed by atoms with Gasteiger partial charge < -0.3 is 15.1 Å². The van der Waals surface area contributed by atoms with Gasteiger partial charge in [0.2, 0.25) is 5.91 Å². The molecule has 0 bridgehead atoms. The second kappa shape index (κ2) is 9.83. The number of nitrogens with zero attached hydrogens (tertiary/aromatic N) is 4. The molecule has 0 aliphatic carbocycles. The lowest BCUT2D eigenvalue weighted by Gasteiger charge is -2.36. The number of hydrogen-bond donors (Lipinski definition) is 1. The van der Waals surface area contributed by atoms with Crippen LogP contribution in [0.2, 0.25) is 0 Å². The molecule has 1 N–H and O–H groups in total. The van der Waals surface area contributed by atoms with E-state index in [9.17, 15) is 4.79 Å². The molecule has 7 heteroatoms. The van der Waals surface area contributed by atoms with Crippen molar-refractivity contribution < 1.29 is 4.79 Å². The minimum absolute atomic E-state index is 0.0355. The Morgan fingerprint density at radius 1 is 0.935 bits per heavy atom. The number of amides is 1. The van der Waals surface area contributed by atoms with E-state index in [-0.39, 0.29) is 5.91 Å². The van der Waals surface area contributed by atoms with Gasteiger partial charge in [-0.1, -0.05) is 36.0 Å². The van der Waals surface area contributed by atoms with Crippen LogP contribution in [-0.4, -0.2) is 47.8 Å². The minimum Gasteiger partial charge on any atom is -0.368 e. The molecule has 3 aromatic rings. The molecule has 1 saturated heterocycles. The second-order valence-corrected chi connectivity index (χ2v) is 8.73. The number of hydrogen-bond acceptors (Lipinski definition) is 6. The Morgan fingerprint density at radius 3 is 2.32 bits per heavy atom. The zero-order valence-corrected chi connectivity index (χ0v) is 18.7. The van der Waals surface area contributed by atoms with Crippen LogP contribution in [-0.2, 0) is 4.79 Å². The van der Waals surface area contributed by atoms with Crippen molar-refractivity contribution in [3.63, 3.8) is 0 Å². The maximum atomic E-state index is 12.4. The van der Waals surface area contributed by atoms with Crippen LogP contribution in [0.3, 0.4) is 0 Å². The lowest BCUT2D eigenvalue weighted by Crippen LogP contribution is -2.46. The number of benzene rings is 2. The summed E-state index contributed by atoms with van der Waals surface area (Å²) in [4.78, 5) is 25.8. The molecule has 2 aromatic carbocycles. The SMILES string of the molecule is Cc1cc(C)cc(NC(=O)CSc2cc(N3CCN(c4ccccc4)CC3)ncn2)c1. The lowest BCUT2D eigenvalue weighted by molar-refractivity contribution is -0.113. The number of piperazine rings is 1. The summed E-state index contributed by atoms with van der Waals surface area (Å²) in [6, 6.07) is 18.5. The van der Waals surface area contributed by atoms with Crippen molar-refractivity contribution in [2.75, 3.05) is 47.0 Å². The summed E-state index contributed by atoms with van der Waals surface area (Å²) in [5.74, 6) is 1.19. The molecule has 0 unspecified atom stereocenters. The highest BCUT2D eigenvalue weighted by Crippen LogP contribution is 2.23. The van der Waals surface area contributed by atoms with Crippen molar-refractivity contribution in [2.45, 2.75) is 18.9 Å². The molecule has 160 valence electrons. The van der Waals surface area contributed by atoms with E-state index in [4.69, 9.17) is 0 Å². The molecule has 0 spiro atoms. The summed E-state index contributed by atoms with van der Waals surface area (Å²) in [7, 11) is 0.